The van der Waals surface area contributed by atoms with Gasteiger partial charge < -0.3 is 10.1 Å². The van der Waals surface area contributed by atoms with E-state index < -0.39 is 0 Å². The molecule has 6 heteroatoms. The van der Waals surface area contributed by atoms with E-state index >= 15 is 0 Å². The Labute approximate surface area is 164 Å². The predicted octanol–water partition coefficient (Wildman–Crippen LogP) is 4.17. The first kappa shape index (κ1) is 18.3. The number of amides is 1. The molecule has 2 aliphatic heterocycles. The van der Waals surface area contributed by atoms with Crippen LogP contribution in [-0.2, 0) is 4.79 Å². The third-order valence-electron chi connectivity index (χ3n) is 5.26. The number of anilines is 1. The van der Waals surface area contributed by atoms with Crippen molar-refractivity contribution in [2.24, 2.45) is 0 Å². The molecule has 0 spiro atoms. The number of rotatable bonds is 5. The van der Waals surface area contributed by atoms with Crippen molar-refractivity contribution < 1.29 is 9.53 Å². The molecule has 0 saturated carbocycles. The van der Waals surface area contributed by atoms with Crippen molar-refractivity contribution in [3.63, 3.8) is 0 Å². The van der Waals surface area contributed by atoms with Gasteiger partial charge >= 0.3 is 0 Å². The minimum absolute atomic E-state index is 0.0375. The molecule has 2 aromatic rings. The topological polar surface area (TPSA) is 54.5 Å². The van der Waals surface area contributed by atoms with Crippen LogP contribution in [0.4, 0.5) is 5.69 Å². The van der Waals surface area contributed by atoms with E-state index in [0.717, 1.165) is 19.4 Å². The Morgan fingerprint density at radius 3 is 2.81 bits per heavy atom. The van der Waals surface area contributed by atoms with E-state index in [2.05, 4.69) is 15.2 Å². The number of carbonyl (C=O) groups is 1. The zero-order valence-corrected chi connectivity index (χ0v) is 16.2. The molecule has 1 N–H and O–H groups in total. The van der Waals surface area contributed by atoms with Gasteiger partial charge in [0.05, 0.1) is 17.9 Å². The molecule has 0 radical (unpaired) electrons. The van der Waals surface area contributed by atoms with Crippen LogP contribution in [0.25, 0.3) is 0 Å². The lowest BCUT2D eigenvalue weighted by Gasteiger charge is -2.34. The van der Waals surface area contributed by atoms with Gasteiger partial charge in [0.15, 0.2) is 5.75 Å². The normalized spacial score (nSPS) is 21.1. The minimum atomic E-state index is -0.0375. The molecule has 1 aromatic heterocycles. The Balaban J connectivity index is 1.46. The smallest absolute Gasteiger partial charge is 0.241 e. The van der Waals surface area contributed by atoms with Crippen LogP contribution in [0, 0.1) is 0 Å². The van der Waals surface area contributed by atoms with Crippen LogP contribution in [0.3, 0.4) is 0 Å². The van der Waals surface area contributed by atoms with Crippen molar-refractivity contribution in [3.05, 3.63) is 48.8 Å². The number of ether oxygens (including phenoxy) is 1. The number of likely N-dealkylation sites (tertiary alicyclic amines) is 1. The lowest BCUT2D eigenvalue weighted by Crippen LogP contribution is -2.46. The maximum atomic E-state index is 13.0. The first-order chi connectivity index (χ1) is 13.3. The van der Waals surface area contributed by atoms with Gasteiger partial charge in [0.1, 0.15) is 5.75 Å². The largest absolute Gasteiger partial charge is 0.454 e. The van der Waals surface area contributed by atoms with Crippen LogP contribution in [0.2, 0.25) is 0 Å². The standard InChI is InChI=1S/C21H25N3O2S/c25-21(19-7-4-12-24(19)16-9-13-27-14-10-16)23-18-6-1-2-8-20(18)26-17-5-3-11-22-15-17/h1-3,5-6,8,11,15-16,19H,4,7,9-10,12-14H2,(H,23,25). The fraction of sp³-hybridized carbons (Fsp3) is 0.429. The van der Waals surface area contributed by atoms with Crippen molar-refractivity contribution in [1.29, 1.82) is 0 Å². The monoisotopic (exact) mass is 383 g/mol. The van der Waals surface area contributed by atoms with E-state index in [1.807, 2.05) is 48.2 Å². The molecular weight excluding hydrogens is 358 g/mol. The number of pyridine rings is 1. The van der Waals surface area contributed by atoms with Gasteiger partial charge in [-0.05, 0) is 68.0 Å². The molecule has 5 nitrogen and oxygen atoms in total. The molecule has 2 saturated heterocycles. The van der Waals surface area contributed by atoms with Crippen LogP contribution >= 0.6 is 11.8 Å². The molecule has 142 valence electrons. The highest BCUT2D eigenvalue weighted by Gasteiger charge is 2.36. The minimum Gasteiger partial charge on any atom is -0.454 e. The quantitative estimate of drug-likeness (QED) is 0.840. The van der Waals surface area contributed by atoms with Crippen molar-refractivity contribution >= 4 is 23.4 Å². The van der Waals surface area contributed by atoms with Crippen molar-refractivity contribution in [2.45, 2.75) is 37.8 Å². The average Bonchev–Trinajstić information content (AvgIpc) is 3.21. The zero-order chi connectivity index (χ0) is 18.5. The van der Waals surface area contributed by atoms with Crippen LogP contribution in [-0.4, -0.2) is 45.9 Å². The number of para-hydroxylation sites is 2. The summed E-state index contributed by atoms with van der Waals surface area (Å²) in [5.74, 6) is 3.78. The van der Waals surface area contributed by atoms with Gasteiger partial charge in [0.25, 0.3) is 0 Å². The number of nitrogens with zero attached hydrogens (tertiary/aromatic N) is 2. The van der Waals surface area contributed by atoms with E-state index in [-0.39, 0.29) is 11.9 Å². The molecule has 0 aliphatic carbocycles. The maximum absolute atomic E-state index is 13.0. The van der Waals surface area contributed by atoms with Crippen LogP contribution < -0.4 is 10.1 Å². The average molecular weight is 384 g/mol. The number of nitrogens with one attached hydrogen (secondary N) is 1. The van der Waals surface area contributed by atoms with E-state index in [1.54, 1.807) is 12.4 Å². The third-order valence-corrected chi connectivity index (χ3v) is 6.31. The third kappa shape index (κ3) is 4.45. The Morgan fingerprint density at radius 2 is 2.00 bits per heavy atom. The van der Waals surface area contributed by atoms with Gasteiger partial charge in [0.2, 0.25) is 5.91 Å². The van der Waals surface area contributed by atoms with E-state index in [0.29, 0.717) is 23.2 Å². The molecular formula is C21H25N3O2S. The first-order valence-electron chi connectivity index (χ1n) is 9.62. The molecule has 27 heavy (non-hydrogen) atoms. The Morgan fingerprint density at radius 1 is 1.15 bits per heavy atom. The second-order valence-corrected chi connectivity index (χ2v) is 8.24. The SMILES string of the molecule is O=C(Nc1ccccc1Oc1cccnc1)C1CCCN1C1CCSCC1. The van der Waals surface area contributed by atoms with Gasteiger partial charge in [-0.25, -0.2) is 0 Å². The summed E-state index contributed by atoms with van der Waals surface area (Å²) in [4.78, 5) is 19.6. The highest BCUT2D eigenvalue weighted by Crippen LogP contribution is 2.32. The predicted molar refractivity (Wildman–Crippen MR) is 109 cm³/mol. The summed E-state index contributed by atoms with van der Waals surface area (Å²) in [5, 5.41) is 3.11. The summed E-state index contributed by atoms with van der Waals surface area (Å²) in [6, 6.07) is 11.8. The van der Waals surface area contributed by atoms with Crippen LogP contribution in [0.5, 0.6) is 11.5 Å². The van der Waals surface area contributed by atoms with E-state index in [4.69, 9.17) is 4.74 Å². The fourth-order valence-electron chi connectivity index (χ4n) is 3.93. The number of hydrogen-bond acceptors (Lipinski definition) is 5. The van der Waals surface area contributed by atoms with Crippen LogP contribution in [0.15, 0.2) is 48.8 Å². The molecule has 2 fully saturated rings. The van der Waals surface area contributed by atoms with E-state index in [1.165, 1.54) is 24.3 Å². The molecule has 1 atom stereocenters. The molecule has 4 rings (SSSR count). The molecule has 3 heterocycles. The summed E-state index contributed by atoms with van der Waals surface area (Å²) in [6.07, 6.45) is 7.78. The van der Waals surface area contributed by atoms with Gasteiger partial charge in [-0.3, -0.25) is 14.7 Å². The lowest BCUT2D eigenvalue weighted by molar-refractivity contribution is -0.121. The fourth-order valence-corrected chi connectivity index (χ4v) is 5.02. The van der Waals surface area contributed by atoms with Gasteiger partial charge in [0, 0.05) is 12.2 Å². The number of carbonyl (C=O) groups excluding carboxylic acids is 1. The van der Waals surface area contributed by atoms with Crippen molar-refractivity contribution in [2.75, 3.05) is 23.4 Å². The highest BCUT2D eigenvalue weighted by atomic mass is 32.2. The molecule has 1 aromatic carbocycles. The van der Waals surface area contributed by atoms with Gasteiger partial charge in [-0.2, -0.15) is 11.8 Å². The maximum Gasteiger partial charge on any atom is 0.241 e. The zero-order valence-electron chi connectivity index (χ0n) is 15.3. The van der Waals surface area contributed by atoms with Gasteiger partial charge in [-0.15, -0.1) is 0 Å². The molecule has 1 amide bonds. The van der Waals surface area contributed by atoms with Crippen molar-refractivity contribution in [1.82, 2.24) is 9.88 Å². The summed E-state index contributed by atoms with van der Waals surface area (Å²) in [6.45, 7) is 1.03. The van der Waals surface area contributed by atoms with Gasteiger partial charge in [-0.1, -0.05) is 12.1 Å². The summed E-state index contributed by atoms with van der Waals surface area (Å²) < 4.78 is 5.92. The summed E-state index contributed by atoms with van der Waals surface area (Å²) in [7, 11) is 0. The Kier molecular flexibility index (Phi) is 5.94. The van der Waals surface area contributed by atoms with Crippen molar-refractivity contribution in [3.8, 4) is 11.5 Å². The summed E-state index contributed by atoms with van der Waals surface area (Å²) >= 11 is 2.02. The number of benzene rings is 1. The second-order valence-electron chi connectivity index (χ2n) is 7.02. The lowest BCUT2D eigenvalue weighted by atomic mass is 10.1. The summed E-state index contributed by atoms with van der Waals surface area (Å²) in [5.41, 5.74) is 0.706. The Hall–Kier alpha value is -2.05. The Bertz CT molecular complexity index is 765. The molecule has 0 bridgehead atoms. The number of aromatic nitrogens is 1. The highest BCUT2D eigenvalue weighted by molar-refractivity contribution is 7.99. The van der Waals surface area contributed by atoms with E-state index in [9.17, 15) is 4.79 Å². The molecule has 1 unspecified atom stereocenters. The molecule has 2 aliphatic rings. The second kappa shape index (κ2) is 8.76. The first-order valence-corrected chi connectivity index (χ1v) is 10.8. The number of thioether (sulfide) groups is 1. The number of hydrogen-bond donors (Lipinski definition) is 1. The van der Waals surface area contributed by atoms with Crippen LogP contribution in [0.1, 0.15) is 25.7 Å².